The molecule has 1 heterocycles. The first-order valence-corrected chi connectivity index (χ1v) is 9.46. The lowest BCUT2D eigenvalue weighted by molar-refractivity contribution is -0.275. The predicted molar refractivity (Wildman–Crippen MR) is 102 cm³/mol. The first-order valence-electron chi connectivity index (χ1n) is 9.46. The van der Waals surface area contributed by atoms with Crippen LogP contribution >= 0.6 is 0 Å². The molecule has 2 atom stereocenters. The number of alkyl halides is 4. The Morgan fingerprint density at radius 1 is 1.22 bits per heavy atom. The molecule has 0 fully saturated rings. The van der Waals surface area contributed by atoms with Crippen molar-refractivity contribution in [2.45, 2.75) is 57.4 Å². The largest absolute Gasteiger partial charge is 0.530 e. The highest BCUT2D eigenvalue weighted by Gasteiger charge is 2.44. The van der Waals surface area contributed by atoms with Crippen molar-refractivity contribution < 1.29 is 41.7 Å². The van der Waals surface area contributed by atoms with Gasteiger partial charge in [0.25, 0.3) is 0 Å². The van der Waals surface area contributed by atoms with E-state index in [-0.39, 0.29) is 17.5 Å². The van der Waals surface area contributed by atoms with Crippen molar-refractivity contribution in [2.75, 3.05) is 0 Å². The van der Waals surface area contributed by atoms with Crippen LogP contribution in [0, 0.1) is 5.95 Å². The molecule has 32 heavy (non-hydrogen) atoms. The SMILES string of the molecule is CC(C)(C)N(C(=O)[O-])C(Cc1cccc(OC(F)(F)C(F)F)c1)C(O)c1ccc(F)nc1. The molecule has 2 rings (SSSR count). The van der Waals surface area contributed by atoms with E-state index in [9.17, 15) is 37.0 Å². The highest BCUT2D eigenvalue weighted by Crippen LogP contribution is 2.32. The number of halogens is 5. The van der Waals surface area contributed by atoms with E-state index in [1.54, 1.807) is 20.8 Å². The summed E-state index contributed by atoms with van der Waals surface area (Å²) in [4.78, 5) is 16.2. The van der Waals surface area contributed by atoms with Gasteiger partial charge in [-0.15, -0.1) is 0 Å². The van der Waals surface area contributed by atoms with E-state index in [2.05, 4.69) is 9.72 Å². The number of carbonyl (C=O) groups excluding carboxylic acids is 1. The summed E-state index contributed by atoms with van der Waals surface area (Å²) in [7, 11) is 0. The van der Waals surface area contributed by atoms with E-state index in [4.69, 9.17) is 0 Å². The first kappa shape index (κ1) is 25.3. The maximum atomic E-state index is 13.3. The van der Waals surface area contributed by atoms with Crippen LogP contribution in [0.2, 0.25) is 0 Å². The molecule has 0 bridgehead atoms. The van der Waals surface area contributed by atoms with Crippen molar-refractivity contribution >= 4 is 6.09 Å². The molecule has 0 aliphatic rings. The van der Waals surface area contributed by atoms with Gasteiger partial charge in [-0.2, -0.15) is 22.0 Å². The van der Waals surface area contributed by atoms with Gasteiger partial charge in [-0.3, -0.25) is 0 Å². The molecule has 0 saturated heterocycles. The molecule has 1 aromatic carbocycles. The lowest BCUT2D eigenvalue weighted by Gasteiger charge is -2.45. The molecule has 1 amide bonds. The molecule has 6 nitrogen and oxygen atoms in total. The monoisotopic (exact) mass is 461 g/mol. The van der Waals surface area contributed by atoms with Crippen LogP contribution in [0.25, 0.3) is 0 Å². The zero-order chi connectivity index (χ0) is 24.3. The van der Waals surface area contributed by atoms with Gasteiger partial charge in [0.1, 0.15) is 17.9 Å². The molecule has 0 aliphatic heterocycles. The summed E-state index contributed by atoms with van der Waals surface area (Å²) >= 11 is 0. The number of carbonyl (C=O) groups is 1. The van der Waals surface area contributed by atoms with Gasteiger partial charge in [0.2, 0.25) is 5.95 Å². The lowest BCUT2D eigenvalue weighted by Crippen LogP contribution is -2.58. The van der Waals surface area contributed by atoms with E-state index in [1.807, 2.05) is 0 Å². The topological polar surface area (TPSA) is 85.7 Å². The second kappa shape index (κ2) is 9.68. The number of carboxylic acid groups (broad SMARTS) is 1. The van der Waals surface area contributed by atoms with E-state index in [1.165, 1.54) is 18.2 Å². The summed E-state index contributed by atoms with van der Waals surface area (Å²) in [6.45, 7) is 4.65. The third kappa shape index (κ3) is 6.28. The Morgan fingerprint density at radius 2 is 1.88 bits per heavy atom. The molecule has 0 spiro atoms. The van der Waals surface area contributed by atoms with Crippen molar-refractivity contribution in [3.63, 3.8) is 0 Å². The minimum absolute atomic E-state index is 0.100. The number of aliphatic hydroxyl groups is 1. The van der Waals surface area contributed by atoms with Gasteiger partial charge in [0.05, 0.1) is 6.04 Å². The number of pyridine rings is 1. The van der Waals surface area contributed by atoms with Gasteiger partial charge in [-0.1, -0.05) is 18.2 Å². The fraction of sp³-hybridized carbons (Fsp3) is 0.429. The summed E-state index contributed by atoms with van der Waals surface area (Å²) in [5, 5.41) is 22.8. The fourth-order valence-corrected chi connectivity index (χ4v) is 3.21. The molecule has 2 unspecified atom stereocenters. The van der Waals surface area contributed by atoms with Crippen molar-refractivity contribution in [1.82, 2.24) is 9.88 Å². The van der Waals surface area contributed by atoms with Crippen LogP contribution in [0.5, 0.6) is 5.75 Å². The molecule has 2 aromatic rings. The quantitative estimate of drug-likeness (QED) is 0.480. The number of nitrogens with zero attached hydrogens (tertiary/aromatic N) is 2. The third-order valence-corrected chi connectivity index (χ3v) is 4.56. The maximum Gasteiger partial charge on any atom is 0.461 e. The van der Waals surface area contributed by atoms with Crippen LogP contribution in [-0.4, -0.2) is 45.2 Å². The summed E-state index contributed by atoms with van der Waals surface area (Å²) in [6.07, 6.45) is -11.1. The fourth-order valence-electron chi connectivity index (χ4n) is 3.21. The highest BCUT2D eigenvalue weighted by molar-refractivity contribution is 5.64. The van der Waals surface area contributed by atoms with E-state index < -0.39 is 48.0 Å². The van der Waals surface area contributed by atoms with Crippen LogP contribution in [0.3, 0.4) is 0 Å². The number of aliphatic hydroxyl groups excluding tert-OH is 1. The molecule has 1 aromatic heterocycles. The number of aromatic nitrogens is 1. The Hall–Kier alpha value is -2.95. The van der Waals surface area contributed by atoms with Crippen LogP contribution in [-0.2, 0) is 6.42 Å². The average molecular weight is 461 g/mol. The summed E-state index contributed by atoms with van der Waals surface area (Å²) in [5.74, 6) is -1.38. The Bertz CT molecular complexity index is 919. The molecule has 1 N–H and O–H groups in total. The average Bonchev–Trinajstić information content (AvgIpc) is 2.66. The molecule has 0 saturated carbocycles. The summed E-state index contributed by atoms with van der Waals surface area (Å²) < 4.78 is 68.6. The second-order valence-electron chi connectivity index (χ2n) is 8.05. The first-order chi connectivity index (χ1) is 14.7. The Morgan fingerprint density at radius 3 is 2.38 bits per heavy atom. The standard InChI is InChI=1S/C21H23F5N2O4/c1-20(2,3)28(19(30)31)15(17(29)13-7-8-16(22)27-11-13)10-12-5-4-6-14(9-12)32-21(25,26)18(23)24/h4-9,11,15,17-18,29H,10H2,1-3H3,(H,30,31)/p-1. The van der Waals surface area contributed by atoms with E-state index >= 15 is 0 Å². The number of hydrogen-bond acceptors (Lipinski definition) is 5. The van der Waals surface area contributed by atoms with Crippen molar-refractivity contribution in [3.05, 3.63) is 59.7 Å². The molecular weight excluding hydrogens is 439 g/mol. The van der Waals surface area contributed by atoms with Crippen LogP contribution in [0.4, 0.5) is 26.7 Å². The van der Waals surface area contributed by atoms with E-state index in [0.29, 0.717) is 0 Å². The van der Waals surface area contributed by atoms with Gasteiger partial charge in [0.15, 0.2) is 0 Å². The van der Waals surface area contributed by atoms with Gasteiger partial charge >= 0.3 is 12.5 Å². The minimum Gasteiger partial charge on any atom is -0.530 e. The molecule has 176 valence electrons. The number of ether oxygens (including phenoxy) is 1. The second-order valence-corrected chi connectivity index (χ2v) is 8.05. The Labute approximate surface area is 181 Å². The number of amides is 1. The third-order valence-electron chi connectivity index (χ3n) is 4.56. The number of benzene rings is 1. The Kier molecular flexibility index (Phi) is 7.66. The van der Waals surface area contributed by atoms with Crippen molar-refractivity contribution in [1.29, 1.82) is 0 Å². The minimum atomic E-state index is -4.72. The van der Waals surface area contributed by atoms with Crippen molar-refractivity contribution in [2.24, 2.45) is 0 Å². The number of rotatable bonds is 8. The van der Waals surface area contributed by atoms with Gasteiger partial charge in [-0.25, -0.2) is 4.98 Å². The Balaban J connectivity index is 2.44. The smallest absolute Gasteiger partial charge is 0.461 e. The normalized spacial score (nSPS) is 14.2. The van der Waals surface area contributed by atoms with E-state index in [0.717, 1.165) is 29.3 Å². The summed E-state index contributed by atoms with van der Waals surface area (Å²) in [6, 6.07) is 5.74. The maximum absolute atomic E-state index is 13.3. The zero-order valence-electron chi connectivity index (χ0n) is 17.4. The lowest BCUT2D eigenvalue weighted by atomic mass is 9.92. The molecule has 11 heteroatoms. The zero-order valence-corrected chi connectivity index (χ0v) is 17.4. The summed E-state index contributed by atoms with van der Waals surface area (Å²) in [5.41, 5.74) is -0.750. The molecule has 0 radical (unpaired) electrons. The highest BCUT2D eigenvalue weighted by atomic mass is 19.3. The van der Waals surface area contributed by atoms with Gasteiger partial charge in [-0.05, 0) is 51.0 Å². The van der Waals surface area contributed by atoms with Crippen LogP contribution < -0.4 is 9.84 Å². The predicted octanol–water partition coefficient (Wildman–Crippen LogP) is 3.55. The van der Waals surface area contributed by atoms with Crippen LogP contribution in [0.15, 0.2) is 42.6 Å². The molecular formula is C21H22F5N2O4-. The van der Waals surface area contributed by atoms with Gasteiger partial charge < -0.3 is 24.6 Å². The van der Waals surface area contributed by atoms with Crippen molar-refractivity contribution in [3.8, 4) is 5.75 Å². The number of hydrogen-bond donors (Lipinski definition) is 1. The molecule has 0 aliphatic carbocycles. The van der Waals surface area contributed by atoms with Crippen LogP contribution in [0.1, 0.15) is 38.0 Å². The van der Waals surface area contributed by atoms with Gasteiger partial charge in [0, 0.05) is 17.3 Å².